The monoisotopic (exact) mass is 289 g/mol. The molecule has 0 spiro atoms. The van der Waals surface area contributed by atoms with Crippen LogP contribution < -0.4 is 5.73 Å². The third-order valence-corrected chi connectivity index (χ3v) is 2.89. The molecule has 0 atom stereocenters. The lowest BCUT2D eigenvalue weighted by molar-refractivity contribution is 0.554. The van der Waals surface area contributed by atoms with Gasteiger partial charge >= 0.3 is 0 Å². The Kier molecular flexibility index (Phi) is 2.33. The van der Waals surface area contributed by atoms with Gasteiger partial charge in [-0.25, -0.2) is 9.97 Å². The summed E-state index contributed by atoms with van der Waals surface area (Å²) in [6, 6.07) is 9.22. The number of benzene rings is 1. The molecule has 0 fully saturated rings. The molecule has 84 valence electrons. The summed E-state index contributed by atoms with van der Waals surface area (Å²) in [5.74, 6) is 0.690. The molecular formula is C12H8BrN3O. The molecule has 0 saturated heterocycles. The van der Waals surface area contributed by atoms with Gasteiger partial charge in [-0.1, -0.05) is 0 Å². The zero-order valence-corrected chi connectivity index (χ0v) is 10.3. The van der Waals surface area contributed by atoms with E-state index in [2.05, 4.69) is 25.9 Å². The smallest absolute Gasteiger partial charge is 0.169 e. The summed E-state index contributed by atoms with van der Waals surface area (Å²) >= 11 is 3.27. The number of furan rings is 1. The summed E-state index contributed by atoms with van der Waals surface area (Å²) in [5.41, 5.74) is 8.05. The van der Waals surface area contributed by atoms with Crippen molar-refractivity contribution in [2.75, 3.05) is 5.73 Å². The van der Waals surface area contributed by atoms with E-state index in [1.807, 2.05) is 30.3 Å². The van der Waals surface area contributed by atoms with E-state index in [1.54, 1.807) is 0 Å². The molecule has 3 aromatic rings. The Bertz CT molecular complexity index is 693. The molecule has 2 aromatic heterocycles. The third kappa shape index (κ3) is 1.78. The number of aromatic nitrogens is 2. The normalized spacial score (nSPS) is 10.9. The summed E-state index contributed by atoms with van der Waals surface area (Å²) in [6.07, 6.45) is 1.52. The van der Waals surface area contributed by atoms with Gasteiger partial charge in [0.15, 0.2) is 10.4 Å². The van der Waals surface area contributed by atoms with Gasteiger partial charge in [0.05, 0.1) is 5.52 Å². The van der Waals surface area contributed by atoms with E-state index < -0.39 is 0 Å². The van der Waals surface area contributed by atoms with E-state index in [-0.39, 0.29) is 0 Å². The number of nitrogens with zero attached hydrogens (tertiary/aromatic N) is 2. The van der Waals surface area contributed by atoms with Crippen molar-refractivity contribution in [2.24, 2.45) is 0 Å². The number of rotatable bonds is 1. The molecule has 0 unspecified atom stereocenters. The number of hydrogen-bond acceptors (Lipinski definition) is 4. The molecular weight excluding hydrogens is 282 g/mol. The maximum atomic E-state index is 5.78. The second-order valence-corrected chi connectivity index (χ2v) is 4.38. The van der Waals surface area contributed by atoms with Crippen LogP contribution in [-0.4, -0.2) is 9.97 Å². The molecule has 1 aromatic carbocycles. The van der Waals surface area contributed by atoms with Crippen molar-refractivity contribution < 1.29 is 4.42 Å². The second-order valence-electron chi connectivity index (χ2n) is 3.60. The Morgan fingerprint density at radius 1 is 1.12 bits per heavy atom. The summed E-state index contributed by atoms with van der Waals surface area (Å²) in [6.45, 7) is 0. The van der Waals surface area contributed by atoms with Crippen LogP contribution >= 0.6 is 15.9 Å². The number of anilines is 1. The van der Waals surface area contributed by atoms with E-state index in [0.717, 1.165) is 16.6 Å². The number of nitrogens with two attached hydrogens (primary N) is 1. The number of halogens is 1. The van der Waals surface area contributed by atoms with Crippen LogP contribution in [0.2, 0.25) is 0 Å². The van der Waals surface area contributed by atoms with Crippen LogP contribution in [0.15, 0.2) is 45.7 Å². The Balaban J connectivity index is 2.32. The maximum absolute atomic E-state index is 5.78. The van der Waals surface area contributed by atoms with Gasteiger partial charge in [0.1, 0.15) is 12.0 Å². The van der Waals surface area contributed by atoms with Gasteiger partial charge in [-0.2, -0.15) is 0 Å². The minimum Gasteiger partial charge on any atom is -0.448 e. The van der Waals surface area contributed by atoms with E-state index in [0.29, 0.717) is 16.1 Å². The maximum Gasteiger partial charge on any atom is 0.169 e. The standard InChI is InChI=1S/C12H8BrN3O/c13-11-4-3-10(17-11)12-8-5-7(14)1-2-9(8)15-6-16-12/h1-6H,14H2. The third-order valence-electron chi connectivity index (χ3n) is 2.47. The second kappa shape index (κ2) is 3.85. The lowest BCUT2D eigenvalue weighted by atomic mass is 10.1. The van der Waals surface area contributed by atoms with Crippen LogP contribution in [0.5, 0.6) is 0 Å². The fraction of sp³-hybridized carbons (Fsp3) is 0. The minimum absolute atomic E-state index is 0.670. The molecule has 0 amide bonds. The first-order valence-corrected chi connectivity index (χ1v) is 5.79. The molecule has 4 nitrogen and oxygen atoms in total. The van der Waals surface area contributed by atoms with Crippen LogP contribution in [-0.2, 0) is 0 Å². The number of fused-ring (bicyclic) bond motifs is 1. The molecule has 2 N–H and O–H groups in total. The molecule has 5 heteroatoms. The fourth-order valence-corrected chi connectivity index (χ4v) is 2.02. The molecule has 0 aliphatic heterocycles. The first-order chi connectivity index (χ1) is 8.24. The van der Waals surface area contributed by atoms with Gasteiger partial charge in [-0.3, -0.25) is 0 Å². The molecule has 0 aliphatic rings. The van der Waals surface area contributed by atoms with Crippen LogP contribution in [0.25, 0.3) is 22.4 Å². The van der Waals surface area contributed by atoms with E-state index in [9.17, 15) is 0 Å². The van der Waals surface area contributed by atoms with Crippen molar-refractivity contribution in [2.45, 2.75) is 0 Å². The largest absolute Gasteiger partial charge is 0.448 e. The van der Waals surface area contributed by atoms with Crippen LogP contribution in [0, 0.1) is 0 Å². The first kappa shape index (κ1) is 10.3. The van der Waals surface area contributed by atoms with Crippen LogP contribution in [0.4, 0.5) is 5.69 Å². The van der Waals surface area contributed by atoms with Gasteiger partial charge in [-0.05, 0) is 46.3 Å². The zero-order valence-electron chi connectivity index (χ0n) is 8.72. The zero-order chi connectivity index (χ0) is 11.8. The summed E-state index contributed by atoms with van der Waals surface area (Å²) < 4.78 is 6.17. The van der Waals surface area contributed by atoms with E-state index in [4.69, 9.17) is 10.2 Å². The number of nitrogen functional groups attached to an aromatic ring is 1. The van der Waals surface area contributed by atoms with Gasteiger partial charge < -0.3 is 10.2 Å². The topological polar surface area (TPSA) is 64.9 Å². The van der Waals surface area contributed by atoms with Crippen LogP contribution in [0.1, 0.15) is 0 Å². The van der Waals surface area contributed by atoms with Crippen molar-refractivity contribution >= 4 is 32.5 Å². The molecule has 0 radical (unpaired) electrons. The summed E-state index contributed by atoms with van der Waals surface area (Å²) in [4.78, 5) is 8.45. The van der Waals surface area contributed by atoms with Gasteiger partial charge in [0, 0.05) is 11.1 Å². The highest BCUT2D eigenvalue weighted by Gasteiger charge is 2.10. The van der Waals surface area contributed by atoms with Gasteiger partial charge in [0.25, 0.3) is 0 Å². The quantitative estimate of drug-likeness (QED) is 0.699. The summed E-state index contributed by atoms with van der Waals surface area (Å²) in [5, 5.41) is 0.884. The molecule has 0 aliphatic carbocycles. The minimum atomic E-state index is 0.670. The average Bonchev–Trinajstić information content (AvgIpc) is 2.75. The van der Waals surface area contributed by atoms with E-state index >= 15 is 0 Å². The molecule has 0 saturated carbocycles. The van der Waals surface area contributed by atoms with Crippen molar-refractivity contribution in [3.63, 3.8) is 0 Å². The Hall–Kier alpha value is -1.88. The van der Waals surface area contributed by atoms with Gasteiger partial charge in [-0.15, -0.1) is 0 Å². The Morgan fingerprint density at radius 3 is 2.76 bits per heavy atom. The number of hydrogen-bond donors (Lipinski definition) is 1. The van der Waals surface area contributed by atoms with Crippen molar-refractivity contribution in [1.82, 2.24) is 9.97 Å². The van der Waals surface area contributed by atoms with Crippen molar-refractivity contribution in [3.05, 3.63) is 41.3 Å². The highest BCUT2D eigenvalue weighted by molar-refractivity contribution is 9.10. The Morgan fingerprint density at radius 2 is 2.00 bits per heavy atom. The SMILES string of the molecule is Nc1ccc2ncnc(-c3ccc(Br)o3)c2c1. The van der Waals surface area contributed by atoms with E-state index in [1.165, 1.54) is 6.33 Å². The fourth-order valence-electron chi connectivity index (χ4n) is 1.71. The molecule has 3 rings (SSSR count). The Labute approximate surface area is 106 Å². The van der Waals surface area contributed by atoms with Gasteiger partial charge in [0.2, 0.25) is 0 Å². The molecule has 0 bridgehead atoms. The predicted octanol–water partition coefficient (Wildman–Crippen LogP) is 3.23. The van der Waals surface area contributed by atoms with Crippen LogP contribution in [0.3, 0.4) is 0 Å². The lowest BCUT2D eigenvalue weighted by Gasteiger charge is -2.03. The summed E-state index contributed by atoms with van der Waals surface area (Å²) in [7, 11) is 0. The molecule has 17 heavy (non-hydrogen) atoms. The highest BCUT2D eigenvalue weighted by atomic mass is 79.9. The van der Waals surface area contributed by atoms with Crippen molar-refractivity contribution in [3.8, 4) is 11.5 Å². The molecule has 2 heterocycles. The predicted molar refractivity (Wildman–Crippen MR) is 69.4 cm³/mol. The average molecular weight is 290 g/mol. The first-order valence-electron chi connectivity index (χ1n) is 5.00. The lowest BCUT2D eigenvalue weighted by Crippen LogP contribution is -1.90. The highest BCUT2D eigenvalue weighted by Crippen LogP contribution is 2.29. The van der Waals surface area contributed by atoms with Crippen molar-refractivity contribution in [1.29, 1.82) is 0 Å².